The quantitative estimate of drug-likeness (QED) is 0.811. The van der Waals surface area contributed by atoms with Crippen LogP contribution in [0.4, 0.5) is 5.95 Å². The summed E-state index contributed by atoms with van der Waals surface area (Å²) in [6.07, 6.45) is 0. The summed E-state index contributed by atoms with van der Waals surface area (Å²) < 4.78 is 0. The number of nitrogens with zero attached hydrogens (tertiary/aromatic N) is 5. The van der Waals surface area contributed by atoms with E-state index in [4.69, 9.17) is 0 Å². The van der Waals surface area contributed by atoms with Crippen LogP contribution in [-0.2, 0) is 0 Å². The highest BCUT2D eigenvalue weighted by Crippen LogP contribution is 2.11. The largest absolute Gasteiger partial charge is 0.347 e. The van der Waals surface area contributed by atoms with Gasteiger partial charge >= 0.3 is 0 Å². The first kappa shape index (κ1) is 14.7. The monoisotopic (exact) mass is 277 g/mol. The van der Waals surface area contributed by atoms with Crippen molar-refractivity contribution in [1.29, 1.82) is 0 Å². The van der Waals surface area contributed by atoms with Gasteiger partial charge < -0.3 is 14.7 Å². The molecule has 1 fully saturated rings. The highest BCUT2D eigenvalue weighted by atomic mass is 16.2. The van der Waals surface area contributed by atoms with Gasteiger partial charge in [0.1, 0.15) is 5.69 Å². The molecule has 1 saturated heterocycles. The number of piperazine rings is 1. The maximum atomic E-state index is 12.5. The smallest absolute Gasteiger partial charge is 0.272 e. The zero-order valence-corrected chi connectivity index (χ0v) is 12.8. The second kappa shape index (κ2) is 6.17. The predicted molar refractivity (Wildman–Crippen MR) is 79.1 cm³/mol. The minimum absolute atomic E-state index is 0.00866. The van der Waals surface area contributed by atoms with E-state index in [0.717, 1.165) is 38.4 Å². The molecule has 2 rings (SSSR count). The number of likely N-dealkylation sites (N-methyl/N-ethyl adjacent to an activating group) is 1. The van der Waals surface area contributed by atoms with Crippen LogP contribution in [0.1, 0.15) is 23.1 Å². The molecule has 0 radical (unpaired) electrons. The Morgan fingerprint density at radius 3 is 2.45 bits per heavy atom. The Balaban J connectivity index is 2.13. The maximum absolute atomic E-state index is 12.5. The molecule has 1 aromatic rings. The van der Waals surface area contributed by atoms with Crippen LogP contribution in [0.2, 0.25) is 0 Å². The number of rotatable bonds is 3. The lowest BCUT2D eigenvalue weighted by Crippen LogP contribution is -2.48. The average Bonchev–Trinajstić information content (AvgIpc) is 2.46. The molecule has 1 aliphatic heterocycles. The molecule has 0 N–H and O–H groups in total. The summed E-state index contributed by atoms with van der Waals surface area (Å²) in [6, 6.07) is 1.77. The zero-order valence-electron chi connectivity index (χ0n) is 12.8. The van der Waals surface area contributed by atoms with Crippen molar-refractivity contribution in [2.24, 2.45) is 0 Å². The topological polar surface area (TPSA) is 52.6 Å². The molecule has 2 heterocycles. The molecular weight excluding hydrogens is 254 g/mol. The molecule has 110 valence electrons. The molecule has 0 aliphatic carbocycles. The molecule has 0 aromatic carbocycles. The lowest BCUT2D eigenvalue weighted by Gasteiger charge is -2.33. The van der Waals surface area contributed by atoms with E-state index in [1.54, 1.807) is 6.07 Å². The first-order chi connectivity index (χ1) is 9.51. The predicted octanol–water partition coefficient (Wildman–Crippen LogP) is 0.629. The van der Waals surface area contributed by atoms with Crippen LogP contribution in [0.25, 0.3) is 0 Å². The molecule has 6 heteroatoms. The zero-order chi connectivity index (χ0) is 14.7. The number of hydrogen-bond donors (Lipinski definition) is 0. The van der Waals surface area contributed by atoms with Crippen LogP contribution >= 0.6 is 0 Å². The molecular formula is C14H23N5O. The van der Waals surface area contributed by atoms with Gasteiger partial charge in [0.2, 0.25) is 5.95 Å². The van der Waals surface area contributed by atoms with Crippen LogP contribution in [-0.4, -0.2) is 72.5 Å². The van der Waals surface area contributed by atoms with E-state index in [0.29, 0.717) is 11.6 Å². The maximum Gasteiger partial charge on any atom is 0.272 e. The van der Waals surface area contributed by atoms with E-state index >= 15 is 0 Å². The Kier molecular flexibility index (Phi) is 4.54. The summed E-state index contributed by atoms with van der Waals surface area (Å²) in [5.74, 6) is 0.592. The van der Waals surface area contributed by atoms with Gasteiger partial charge in [0.25, 0.3) is 5.91 Å². The van der Waals surface area contributed by atoms with Crippen molar-refractivity contribution < 1.29 is 4.79 Å². The minimum atomic E-state index is 0.00866. The van der Waals surface area contributed by atoms with Gasteiger partial charge in [-0.2, -0.15) is 0 Å². The van der Waals surface area contributed by atoms with Gasteiger partial charge in [-0.25, -0.2) is 9.97 Å². The van der Waals surface area contributed by atoms with E-state index in [9.17, 15) is 4.79 Å². The molecule has 1 amide bonds. The van der Waals surface area contributed by atoms with Crippen molar-refractivity contribution in [2.75, 3.05) is 51.7 Å². The van der Waals surface area contributed by atoms with Crippen LogP contribution < -0.4 is 4.90 Å². The molecule has 1 aromatic heterocycles. The fourth-order valence-electron chi connectivity index (χ4n) is 2.29. The highest BCUT2D eigenvalue weighted by molar-refractivity contribution is 5.92. The van der Waals surface area contributed by atoms with Crippen LogP contribution in [0.5, 0.6) is 0 Å². The van der Waals surface area contributed by atoms with Gasteiger partial charge in [-0.15, -0.1) is 0 Å². The third kappa shape index (κ3) is 3.25. The number of aromatic nitrogens is 2. The second-order valence-corrected chi connectivity index (χ2v) is 5.32. The molecule has 0 saturated carbocycles. The third-order valence-corrected chi connectivity index (χ3v) is 3.57. The van der Waals surface area contributed by atoms with Crippen molar-refractivity contribution >= 4 is 11.9 Å². The third-order valence-electron chi connectivity index (χ3n) is 3.57. The molecule has 0 bridgehead atoms. The van der Waals surface area contributed by atoms with Crippen molar-refractivity contribution in [3.63, 3.8) is 0 Å². The van der Waals surface area contributed by atoms with Gasteiger partial charge in [-0.1, -0.05) is 6.92 Å². The van der Waals surface area contributed by atoms with Crippen molar-refractivity contribution in [2.45, 2.75) is 13.8 Å². The normalized spacial score (nSPS) is 16.3. The van der Waals surface area contributed by atoms with Gasteiger partial charge in [-0.05, 0) is 19.5 Å². The Morgan fingerprint density at radius 2 is 1.90 bits per heavy atom. The molecule has 6 nitrogen and oxygen atoms in total. The van der Waals surface area contributed by atoms with Gasteiger partial charge in [0, 0.05) is 46.0 Å². The Bertz CT molecular complexity index is 480. The number of amides is 1. The lowest BCUT2D eigenvalue weighted by atomic mass is 10.2. The lowest BCUT2D eigenvalue weighted by molar-refractivity contribution is 0.0637. The van der Waals surface area contributed by atoms with Gasteiger partial charge in [-0.3, -0.25) is 4.79 Å². The standard InChI is InChI=1S/C14H23N5O/c1-5-18-6-8-19(9-7-18)13(20)12-10-11(2)15-14(16-12)17(3)4/h10H,5-9H2,1-4H3. The summed E-state index contributed by atoms with van der Waals surface area (Å²) in [5.41, 5.74) is 1.31. The van der Waals surface area contributed by atoms with Crippen LogP contribution in [0.3, 0.4) is 0 Å². The Hall–Kier alpha value is -1.69. The van der Waals surface area contributed by atoms with Crippen molar-refractivity contribution in [3.05, 3.63) is 17.5 Å². The summed E-state index contributed by atoms with van der Waals surface area (Å²) in [7, 11) is 3.76. The van der Waals surface area contributed by atoms with Crippen molar-refractivity contribution in [3.8, 4) is 0 Å². The van der Waals surface area contributed by atoms with Gasteiger partial charge in [0.05, 0.1) is 0 Å². The number of anilines is 1. The first-order valence-corrected chi connectivity index (χ1v) is 7.06. The van der Waals surface area contributed by atoms with E-state index in [1.165, 1.54) is 0 Å². The van der Waals surface area contributed by atoms with E-state index in [2.05, 4.69) is 21.8 Å². The Labute approximate surface area is 120 Å². The molecule has 20 heavy (non-hydrogen) atoms. The van der Waals surface area contributed by atoms with Crippen molar-refractivity contribution in [1.82, 2.24) is 19.8 Å². The summed E-state index contributed by atoms with van der Waals surface area (Å²) in [5, 5.41) is 0. The molecule has 0 atom stereocenters. The minimum Gasteiger partial charge on any atom is -0.347 e. The van der Waals surface area contributed by atoms with Gasteiger partial charge in [0.15, 0.2) is 0 Å². The first-order valence-electron chi connectivity index (χ1n) is 7.06. The summed E-state index contributed by atoms with van der Waals surface area (Å²) >= 11 is 0. The highest BCUT2D eigenvalue weighted by Gasteiger charge is 2.23. The fourth-order valence-corrected chi connectivity index (χ4v) is 2.29. The van der Waals surface area contributed by atoms with E-state index in [-0.39, 0.29) is 5.91 Å². The Morgan fingerprint density at radius 1 is 1.25 bits per heavy atom. The fraction of sp³-hybridized carbons (Fsp3) is 0.643. The summed E-state index contributed by atoms with van der Waals surface area (Å²) in [4.78, 5) is 27.2. The number of hydrogen-bond acceptors (Lipinski definition) is 5. The van der Waals surface area contributed by atoms with E-state index < -0.39 is 0 Å². The van der Waals surface area contributed by atoms with E-state index in [1.807, 2.05) is 30.8 Å². The number of aryl methyl sites for hydroxylation is 1. The summed E-state index contributed by atoms with van der Waals surface area (Å²) in [6.45, 7) is 8.49. The average molecular weight is 277 g/mol. The van der Waals surface area contributed by atoms with Crippen LogP contribution in [0.15, 0.2) is 6.07 Å². The second-order valence-electron chi connectivity index (χ2n) is 5.32. The number of carbonyl (C=O) groups excluding carboxylic acids is 1. The molecule has 0 unspecified atom stereocenters. The number of carbonyl (C=O) groups is 1. The van der Waals surface area contributed by atoms with Crippen LogP contribution in [0, 0.1) is 6.92 Å². The molecule has 1 aliphatic rings. The molecule has 0 spiro atoms. The SMILES string of the molecule is CCN1CCN(C(=O)c2cc(C)nc(N(C)C)n2)CC1.